The van der Waals surface area contributed by atoms with Crippen molar-refractivity contribution < 1.29 is 13.2 Å². The summed E-state index contributed by atoms with van der Waals surface area (Å²) in [6.45, 7) is 5.61. The maximum absolute atomic E-state index is 11.9. The number of anilines is 1. The van der Waals surface area contributed by atoms with Crippen LogP contribution in [0.2, 0.25) is 0 Å². The summed E-state index contributed by atoms with van der Waals surface area (Å²) in [5.41, 5.74) is 1.57. The van der Waals surface area contributed by atoms with Gasteiger partial charge in [-0.15, -0.1) is 6.58 Å². The lowest BCUT2D eigenvalue weighted by molar-refractivity contribution is 0.0957. The van der Waals surface area contributed by atoms with Gasteiger partial charge in [-0.05, 0) is 24.6 Å². The number of nitrogens with zero attached hydrogens (tertiary/aromatic N) is 1. The van der Waals surface area contributed by atoms with Crippen LogP contribution in [-0.4, -0.2) is 34.2 Å². The van der Waals surface area contributed by atoms with Crippen molar-refractivity contribution in [2.75, 3.05) is 24.2 Å². The van der Waals surface area contributed by atoms with Gasteiger partial charge in [-0.25, -0.2) is 8.42 Å². The molecule has 0 aromatic heterocycles. The number of rotatable bonds is 5. The van der Waals surface area contributed by atoms with E-state index in [4.69, 9.17) is 0 Å². The maximum Gasteiger partial charge on any atom is 0.251 e. The number of hydrogen-bond acceptors (Lipinski definition) is 3. The van der Waals surface area contributed by atoms with Crippen LogP contribution in [0.5, 0.6) is 0 Å². The molecule has 104 valence electrons. The van der Waals surface area contributed by atoms with Gasteiger partial charge in [0.2, 0.25) is 10.0 Å². The Morgan fingerprint density at radius 1 is 1.47 bits per heavy atom. The number of sulfonamides is 1. The molecular weight excluding hydrogens is 264 g/mol. The topological polar surface area (TPSA) is 66.5 Å². The van der Waals surface area contributed by atoms with Crippen LogP contribution in [0.3, 0.4) is 0 Å². The molecule has 0 aliphatic carbocycles. The minimum atomic E-state index is -3.35. The Hall–Kier alpha value is -1.82. The zero-order chi connectivity index (χ0) is 14.6. The number of hydrogen-bond donors (Lipinski definition) is 1. The van der Waals surface area contributed by atoms with Gasteiger partial charge in [-0.2, -0.15) is 0 Å². The highest BCUT2D eigenvalue weighted by molar-refractivity contribution is 7.92. The average Bonchev–Trinajstić information content (AvgIpc) is 2.34. The van der Waals surface area contributed by atoms with Crippen molar-refractivity contribution >= 4 is 21.6 Å². The van der Waals surface area contributed by atoms with Gasteiger partial charge in [0.05, 0.1) is 11.9 Å². The largest absolute Gasteiger partial charge is 0.349 e. The van der Waals surface area contributed by atoms with Gasteiger partial charge in [0.15, 0.2) is 0 Å². The summed E-state index contributed by atoms with van der Waals surface area (Å²) in [4.78, 5) is 11.9. The van der Waals surface area contributed by atoms with Gasteiger partial charge in [0.1, 0.15) is 0 Å². The Labute approximate surface area is 114 Å². The lowest BCUT2D eigenvalue weighted by atomic mass is 10.1. The van der Waals surface area contributed by atoms with Crippen molar-refractivity contribution in [3.8, 4) is 0 Å². The second kappa shape index (κ2) is 5.88. The van der Waals surface area contributed by atoms with E-state index in [1.165, 1.54) is 7.05 Å². The van der Waals surface area contributed by atoms with E-state index in [1.807, 2.05) is 0 Å². The van der Waals surface area contributed by atoms with Gasteiger partial charge in [0.25, 0.3) is 5.91 Å². The van der Waals surface area contributed by atoms with Crippen molar-refractivity contribution in [2.45, 2.75) is 6.92 Å². The molecule has 1 aromatic carbocycles. The summed E-state index contributed by atoms with van der Waals surface area (Å²) in [6.07, 6.45) is 2.70. The van der Waals surface area contributed by atoms with Crippen LogP contribution in [0, 0.1) is 6.92 Å². The summed E-state index contributed by atoms with van der Waals surface area (Å²) in [5, 5.41) is 2.67. The molecule has 1 amide bonds. The molecule has 0 fully saturated rings. The summed E-state index contributed by atoms with van der Waals surface area (Å²) in [6, 6.07) is 4.99. The first-order valence-electron chi connectivity index (χ1n) is 5.71. The van der Waals surface area contributed by atoms with Gasteiger partial charge < -0.3 is 5.32 Å². The first-order valence-corrected chi connectivity index (χ1v) is 7.56. The van der Waals surface area contributed by atoms with Gasteiger partial charge in [0, 0.05) is 19.2 Å². The summed E-state index contributed by atoms with van der Waals surface area (Å²) < 4.78 is 24.3. The van der Waals surface area contributed by atoms with E-state index >= 15 is 0 Å². The van der Waals surface area contributed by atoms with Crippen LogP contribution >= 0.6 is 0 Å². The molecule has 19 heavy (non-hydrogen) atoms. The maximum atomic E-state index is 11.9. The van der Waals surface area contributed by atoms with E-state index in [0.29, 0.717) is 23.4 Å². The third-order valence-corrected chi connectivity index (χ3v) is 3.99. The van der Waals surface area contributed by atoms with Gasteiger partial charge >= 0.3 is 0 Å². The second-order valence-electron chi connectivity index (χ2n) is 4.18. The highest BCUT2D eigenvalue weighted by atomic mass is 32.2. The van der Waals surface area contributed by atoms with Crippen LogP contribution in [-0.2, 0) is 10.0 Å². The van der Waals surface area contributed by atoms with Crippen molar-refractivity contribution in [3.05, 3.63) is 42.0 Å². The number of amides is 1. The lowest BCUT2D eigenvalue weighted by Crippen LogP contribution is -2.28. The molecule has 0 spiro atoms. The minimum Gasteiger partial charge on any atom is -0.349 e. The number of benzene rings is 1. The Bertz CT molecular complexity index is 594. The zero-order valence-corrected chi connectivity index (χ0v) is 12.1. The first kappa shape index (κ1) is 15.2. The van der Waals surface area contributed by atoms with Crippen molar-refractivity contribution in [3.63, 3.8) is 0 Å². The van der Waals surface area contributed by atoms with Crippen LogP contribution < -0.4 is 9.62 Å². The zero-order valence-electron chi connectivity index (χ0n) is 11.3. The predicted octanol–water partition coefficient (Wildman–Crippen LogP) is 1.31. The fraction of sp³-hybridized carbons (Fsp3) is 0.308. The van der Waals surface area contributed by atoms with Crippen LogP contribution in [0.15, 0.2) is 30.9 Å². The number of carbonyl (C=O) groups is 1. The fourth-order valence-electron chi connectivity index (χ4n) is 1.65. The molecule has 0 bridgehead atoms. The minimum absolute atomic E-state index is 0.249. The molecule has 1 N–H and O–H groups in total. The molecule has 0 unspecified atom stereocenters. The molecule has 0 saturated carbocycles. The molecule has 6 heteroatoms. The molecule has 1 rings (SSSR count). The average molecular weight is 282 g/mol. The van der Waals surface area contributed by atoms with Crippen molar-refractivity contribution in [1.82, 2.24) is 5.32 Å². The molecule has 1 aromatic rings. The first-order chi connectivity index (χ1) is 8.79. The fourth-order valence-corrected chi connectivity index (χ4v) is 2.20. The summed E-state index contributed by atoms with van der Waals surface area (Å²) in [7, 11) is -1.89. The smallest absolute Gasteiger partial charge is 0.251 e. The van der Waals surface area contributed by atoms with Crippen LogP contribution in [0.4, 0.5) is 5.69 Å². The molecule has 0 aliphatic heterocycles. The Morgan fingerprint density at radius 3 is 2.63 bits per heavy atom. The van der Waals surface area contributed by atoms with E-state index in [-0.39, 0.29) is 5.91 Å². The molecule has 5 nitrogen and oxygen atoms in total. The Kier molecular flexibility index (Phi) is 4.72. The van der Waals surface area contributed by atoms with Gasteiger partial charge in [-0.1, -0.05) is 12.1 Å². The highest BCUT2D eigenvalue weighted by Crippen LogP contribution is 2.23. The van der Waals surface area contributed by atoms with E-state index < -0.39 is 10.0 Å². The van der Waals surface area contributed by atoms with E-state index in [1.54, 1.807) is 31.2 Å². The summed E-state index contributed by atoms with van der Waals surface area (Å²) >= 11 is 0. The Balaban J connectivity index is 3.19. The van der Waals surface area contributed by atoms with Crippen LogP contribution in [0.1, 0.15) is 15.9 Å². The third-order valence-electron chi connectivity index (χ3n) is 2.79. The van der Waals surface area contributed by atoms with E-state index in [0.717, 1.165) is 10.6 Å². The Morgan fingerprint density at radius 2 is 2.11 bits per heavy atom. The number of carbonyl (C=O) groups excluding carboxylic acids is 1. The quantitative estimate of drug-likeness (QED) is 0.828. The monoisotopic (exact) mass is 282 g/mol. The molecule has 0 radical (unpaired) electrons. The highest BCUT2D eigenvalue weighted by Gasteiger charge is 2.18. The third kappa shape index (κ3) is 3.57. The molecule has 0 aliphatic rings. The van der Waals surface area contributed by atoms with E-state index in [2.05, 4.69) is 11.9 Å². The number of nitrogens with one attached hydrogen (secondary N) is 1. The second-order valence-corrected chi connectivity index (χ2v) is 6.19. The standard InChI is InChI=1S/C13H18N2O3S/c1-5-9-14-13(16)11-7-6-8-12(10(11)2)15(3)19(4,17)18/h5-8H,1,9H2,2-4H3,(H,14,16). The van der Waals surface area contributed by atoms with Crippen LogP contribution in [0.25, 0.3) is 0 Å². The SMILES string of the molecule is C=CCNC(=O)c1cccc(N(C)S(C)(=O)=O)c1C. The van der Waals surface area contributed by atoms with Gasteiger partial charge in [-0.3, -0.25) is 9.10 Å². The van der Waals surface area contributed by atoms with Crippen molar-refractivity contribution in [2.24, 2.45) is 0 Å². The summed E-state index contributed by atoms with van der Waals surface area (Å²) in [5.74, 6) is -0.249. The molecular formula is C13H18N2O3S. The molecule has 0 heterocycles. The molecule has 0 saturated heterocycles. The predicted molar refractivity (Wildman–Crippen MR) is 77.0 cm³/mol. The molecule has 0 atom stereocenters. The van der Waals surface area contributed by atoms with Crippen molar-refractivity contribution in [1.29, 1.82) is 0 Å². The van der Waals surface area contributed by atoms with E-state index in [9.17, 15) is 13.2 Å². The normalized spacial score (nSPS) is 10.9. The lowest BCUT2D eigenvalue weighted by Gasteiger charge is -2.20.